The SMILES string of the molecule is CCCCCCC/C=C\CCCCCCCC(=O)OCC(O)COP(=O)(O)OCCNC(=O)CCCCCCCCCCCCCCCCCCCCCC. The summed E-state index contributed by atoms with van der Waals surface area (Å²) in [5, 5.41) is 12.7. The highest BCUT2D eigenvalue weighted by Crippen LogP contribution is 2.42. The lowest BCUT2D eigenvalue weighted by Gasteiger charge is -2.15. The Morgan fingerprint density at radius 3 is 1.36 bits per heavy atom. The molecule has 3 N–H and O–H groups in total. The highest BCUT2D eigenvalue weighted by Gasteiger charge is 2.23. The van der Waals surface area contributed by atoms with Crippen LogP contribution in [0, 0.1) is 0 Å². The molecule has 0 rings (SSSR count). The van der Waals surface area contributed by atoms with E-state index in [9.17, 15) is 24.2 Å². The van der Waals surface area contributed by atoms with Crippen molar-refractivity contribution in [1.82, 2.24) is 5.32 Å². The van der Waals surface area contributed by atoms with E-state index in [0.29, 0.717) is 6.42 Å². The maximum atomic E-state index is 12.1. The van der Waals surface area contributed by atoms with E-state index < -0.39 is 26.5 Å². The molecule has 0 aliphatic heterocycles. The third-order valence-electron chi connectivity index (χ3n) is 10.2. The Kier molecular flexibility index (Phi) is 41.4. The molecule has 55 heavy (non-hydrogen) atoms. The van der Waals surface area contributed by atoms with E-state index in [1.54, 1.807) is 0 Å². The first kappa shape index (κ1) is 53.8. The van der Waals surface area contributed by atoms with Gasteiger partial charge in [-0.2, -0.15) is 0 Å². The van der Waals surface area contributed by atoms with Crippen molar-refractivity contribution in [3.63, 3.8) is 0 Å². The summed E-state index contributed by atoms with van der Waals surface area (Å²) in [5.41, 5.74) is 0. The Hall–Kier alpha value is -1.25. The van der Waals surface area contributed by atoms with Gasteiger partial charge in [-0.25, -0.2) is 4.57 Å². The molecule has 0 aliphatic carbocycles. The number of rotatable bonds is 44. The molecule has 0 aromatic rings. The average molecular weight is 802 g/mol. The van der Waals surface area contributed by atoms with Gasteiger partial charge in [-0.15, -0.1) is 0 Å². The smallest absolute Gasteiger partial charge is 0.463 e. The number of phosphoric acid groups is 1. The van der Waals surface area contributed by atoms with Crippen molar-refractivity contribution in [2.45, 2.75) is 238 Å². The molecule has 10 heteroatoms. The van der Waals surface area contributed by atoms with Gasteiger partial charge in [0.05, 0.1) is 13.2 Å². The van der Waals surface area contributed by atoms with Crippen LogP contribution in [0.4, 0.5) is 0 Å². The van der Waals surface area contributed by atoms with Crippen molar-refractivity contribution in [2.75, 3.05) is 26.4 Å². The molecule has 0 spiro atoms. The van der Waals surface area contributed by atoms with Crippen molar-refractivity contribution >= 4 is 19.7 Å². The molecule has 0 fully saturated rings. The molecule has 0 saturated carbocycles. The monoisotopic (exact) mass is 802 g/mol. The third kappa shape index (κ3) is 43.7. The minimum atomic E-state index is -4.41. The van der Waals surface area contributed by atoms with Crippen molar-refractivity contribution < 1.29 is 37.9 Å². The Balaban J connectivity index is 3.54. The number of phosphoric ester groups is 1. The number of aliphatic hydroxyl groups excluding tert-OH is 1. The fourth-order valence-electron chi connectivity index (χ4n) is 6.67. The van der Waals surface area contributed by atoms with Gasteiger partial charge in [-0.1, -0.05) is 193 Å². The van der Waals surface area contributed by atoms with Crippen LogP contribution in [0.3, 0.4) is 0 Å². The number of unbranched alkanes of at least 4 members (excludes halogenated alkanes) is 29. The van der Waals surface area contributed by atoms with E-state index in [1.165, 1.54) is 148 Å². The molecule has 0 aromatic carbocycles. The maximum Gasteiger partial charge on any atom is 0.472 e. The van der Waals surface area contributed by atoms with E-state index in [0.717, 1.165) is 57.8 Å². The summed E-state index contributed by atoms with van der Waals surface area (Å²) in [7, 11) is -4.41. The van der Waals surface area contributed by atoms with Crippen LogP contribution in [-0.4, -0.2) is 54.3 Å². The van der Waals surface area contributed by atoms with Crippen LogP contribution >= 0.6 is 7.82 Å². The molecule has 0 saturated heterocycles. The predicted molar refractivity (Wildman–Crippen MR) is 229 cm³/mol. The highest BCUT2D eigenvalue weighted by atomic mass is 31.2. The van der Waals surface area contributed by atoms with Crippen molar-refractivity contribution in [3.8, 4) is 0 Å². The number of amides is 1. The molecular weight excluding hydrogens is 713 g/mol. The molecule has 0 radical (unpaired) electrons. The number of nitrogens with one attached hydrogen (secondary N) is 1. The summed E-state index contributed by atoms with van der Waals surface area (Å²) in [5.74, 6) is -0.515. The Bertz CT molecular complexity index is 917. The predicted octanol–water partition coefficient (Wildman–Crippen LogP) is 13.0. The van der Waals surface area contributed by atoms with E-state index in [-0.39, 0.29) is 32.1 Å². The molecular formula is C45H88NO8P. The topological polar surface area (TPSA) is 131 Å². The molecule has 9 nitrogen and oxygen atoms in total. The number of hydrogen-bond acceptors (Lipinski definition) is 7. The first-order chi connectivity index (χ1) is 26.8. The minimum absolute atomic E-state index is 0.0857. The van der Waals surface area contributed by atoms with Crippen LogP contribution in [0.2, 0.25) is 0 Å². The number of aliphatic hydroxyl groups is 1. The number of allylic oxidation sites excluding steroid dienone is 2. The van der Waals surface area contributed by atoms with Gasteiger partial charge in [-0.05, 0) is 38.5 Å². The molecule has 2 atom stereocenters. The summed E-state index contributed by atoms with van der Waals surface area (Å²) < 4.78 is 26.9. The van der Waals surface area contributed by atoms with Gasteiger partial charge in [0, 0.05) is 19.4 Å². The van der Waals surface area contributed by atoms with Crippen LogP contribution < -0.4 is 5.32 Å². The third-order valence-corrected chi connectivity index (χ3v) is 11.2. The van der Waals surface area contributed by atoms with Gasteiger partial charge in [0.2, 0.25) is 5.91 Å². The normalized spacial score (nSPS) is 13.3. The van der Waals surface area contributed by atoms with Crippen molar-refractivity contribution in [2.24, 2.45) is 0 Å². The lowest BCUT2D eigenvalue weighted by molar-refractivity contribution is -0.147. The maximum absolute atomic E-state index is 12.1. The molecule has 0 heterocycles. The van der Waals surface area contributed by atoms with Crippen molar-refractivity contribution in [1.29, 1.82) is 0 Å². The van der Waals surface area contributed by atoms with Gasteiger partial charge < -0.3 is 20.1 Å². The van der Waals surface area contributed by atoms with Crippen LogP contribution in [0.25, 0.3) is 0 Å². The van der Waals surface area contributed by atoms with Gasteiger partial charge in [0.15, 0.2) is 0 Å². The van der Waals surface area contributed by atoms with Gasteiger partial charge >= 0.3 is 13.8 Å². The first-order valence-electron chi connectivity index (χ1n) is 23.2. The zero-order valence-electron chi connectivity index (χ0n) is 35.9. The van der Waals surface area contributed by atoms with Crippen LogP contribution in [-0.2, 0) is 27.9 Å². The summed E-state index contributed by atoms with van der Waals surface area (Å²) in [6, 6.07) is 0. The fourth-order valence-corrected chi connectivity index (χ4v) is 7.43. The summed E-state index contributed by atoms with van der Waals surface area (Å²) in [6.45, 7) is 3.57. The largest absolute Gasteiger partial charge is 0.472 e. The zero-order valence-corrected chi connectivity index (χ0v) is 36.8. The molecule has 2 unspecified atom stereocenters. The molecule has 1 amide bonds. The van der Waals surface area contributed by atoms with Gasteiger partial charge in [0.25, 0.3) is 0 Å². The Morgan fingerprint density at radius 2 is 0.927 bits per heavy atom. The Labute approximate surface area is 338 Å². The summed E-state index contributed by atoms with van der Waals surface area (Å²) >= 11 is 0. The number of hydrogen-bond donors (Lipinski definition) is 3. The van der Waals surface area contributed by atoms with Gasteiger partial charge in [-0.3, -0.25) is 18.6 Å². The number of carbonyl (C=O) groups excluding carboxylic acids is 2. The fraction of sp³-hybridized carbons (Fsp3) is 0.911. The van der Waals surface area contributed by atoms with Crippen LogP contribution in [0.15, 0.2) is 12.2 Å². The summed E-state index contributed by atoms with van der Waals surface area (Å²) in [4.78, 5) is 33.9. The van der Waals surface area contributed by atoms with Crippen LogP contribution in [0.1, 0.15) is 232 Å². The van der Waals surface area contributed by atoms with Gasteiger partial charge in [0.1, 0.15) is 12.7 Å². The molecule has 0 bridgehead atoms. The second kappa shape index (κ2) is 42.4. The zero-order chi connectivity index (χ0) is 40.3. The van der Waals surface area contributed by atoms with Crippen molar-refractivity contribution in [3.05, 3.63) is 12.2 Å². The summed E-state index contributed by atoms with van der Waals surface area (Å²) in [6.07, 6.45) is 44.3. The second-order valence-electron chi connectivity index (χ2n) is 15.7. The Morgan fingerprint density at radius 1 is 0.545 bits per heavy atom. The molecule has 326 valence electrons. The van der Waals surface area contributed by atoms with Crippen LogP contribution in [0.5, 0.6) is 0 Å². The number of ether oxygens (including phenoxy) is 1. The van der Waals surface area contributed by atoms with E-state index in [1.807, 2.05) is 0 Å². The lowest BCUT2D eigenvalue weighted by Crippen LogP contribution is -2.27. The number of carbonyl (C=O) groups is 2. The van der Waals surface area contributed by atoms with E-state index in [4.69, 9.17) is 13.8 Å². The minimum Gasteiger partial charge on any atom is -0.463 e. The average Bonchev–Trinajstić information content (AvgIpc) is 3.17. The highest BCUT2D eigenvalue weighted by molar-refractivity contribution is 7.47. The lowest BCUT2D eigenvalue weighted by atomic mass is 10.0. The quantitative estimate of drug-likeness (QED) is 0.0240. The molecule has 0 aromatic heterocycles. The molecule has 0 aliphatic rings. The second-order valence-corrected chi connectivity index (χ2v) is 17.2. The van der Waals surface area contributed by atoms with E-state index >= 15 is 0 Å². The number of esters is 1. The van der Waals surface area contributed by atoms with E-state index in [2.05, 4.69) is 31.3 Å². The first-order valence-corrected chi connectivity index (χ1v) is 24.7. The standard InChI is InChI=1S/C45H88NO8P/c1-3-5-7-9-11-13-15-17-19-20-21-22-23-24-25-27-29-31-33-35-37-44(48)46-39-40-53-55(50,51)54-42-43(47)41-52-45(49)38-36-34-32-30-28-26-18-16-14-12-10-8-6-4-2/h16,18,43,47H,3-15,17,19-42H2,1-2H3,(H,46,48)(H,50,51)/b18-16-.